The summed E-state index contributed by atoms with van der Waals surface area (Å²) in [7, 11) is 0. The van der Waals surface area contributed by atoms with E-state index in [0.717, 1.165) is 10.9 Å². The van der Waals surface area contributed by atoms with Crippen molar-refractivity contribution >= 4 is 28.5 Å². The lowest BCUT2D eigenvalue weighted by molar-refractivity contribution is -0.117. The Kier molecular flexibility index (Phi) is 7.49. The van der Waals surface area contributed by atoms with E-state index < -0.39 is 24.7 Å². The first kappa shape index (κ1) is 28.6. The third-order valence-electron chi connectivity index (χ3n) is 8.04. The summed E-state index contributed by atoms with van der Waals surface area (Å²) in [6.45, 7) is -1.25. The predicted molar refractivity (Wildman–Crippen MR) is 156 cm³/mol. The molecule has 0 spiro atoms. The molecule has 2 fully saturated rings. The van der Waals surface area contributed by atoms with Crippen molar-refractivity contribution in [3.8, 4) is 11.3 Å². The highest BCUT2D eigenvalue weighted by atomic mass is 19.3. The van der Waals surface area contributed by atoms with Crippen LogP contribution in [0.15, 0.2) is 77.3 Å². The number of furan rings is 1. The zero-order chi connectivity index (χ0) is 31.1. The molecule has 2 aromatic carbocycles. The molecule has 2 amide bonds. The number of piperazine rings is 1. The van der Waals surface area contributed by atoms with E-state index in [2.05, 4.69) is 25.7 Å². The van der Waals surface area contributed by atoms with Gasteiger partial charge in [0.05, 0.1) is 12.0 Å². The molecule has 3 atom stereocenters. The molecule has 5 aromatic rings. The molecule has 11 nitrogen and oxygen atoms in total. The summed E-state index contributed by atoms with van der Waals surface area (Å²) in [4.78, 5) is 34.0. The van der Waals surface area contributed by atoms with E-state index >= 15 is 0 Å². The molecule has 1 saturated heterocycles. The molecule has 1 aliphatic heterocycles. The van der Waals surface area contributed by atoms with Crippen LogP contribution in [0.4, 0.5) is 18.9 Å². The fourth-order valence-corrected chi connectivity index (χ4v) is 5.57. The molecule has 45 heavy (non-hydrogen) atoms. The summed E-state index contributed by atoms with van der Waals surface area (Å²) >= 11 is 0. The number of tetrazole rings is 1. The van der Waals surface area contributed by atoms with Gasteiger partial charge >= 0.3 is 6.55 Å². The number of carbonyl (C=O) groups excluding carboxylic acids is 2. The van der Waals surface area contributed by atoms with Crippen LogP contribution < -0.4 is 5.32 Å². The lowest BCUT2D eigenvalue weighted by atomic mass is 10.0. The second kappa shape index (κ2) is 11.8. The van der Waals surface area contributed by atoms with Crippen molar-refractivity contribution in [2.45, 2.75) is 25.2 Å². The Hall–Kier alpha value is -5.11. The van der Waals surface area contributed by atoms with Gasteiger partial charge in [0.15, 0.2) is 5.82 Å². The molecule has 0 radical (unpaired) electrons. The number of alkyl halides is 3. The van der Waals surface area contributed by atoms with Crippen molar-refractivity contribution in [3.05, 3.63) is 90.0 Å². The van der Waals surface area contributed by atoms with Gasteiger partial charge in [-0.05, 0) is 53.6 Å². The summed E-state index contributed by atoms with van der Waals surface area (Å²) < 4.78 is 45.6. The van der Waals surface area contributed by atoms with E-state index in [1.807, 2.05) is 41.3 Å². The van der Waals surface area contributed by atoms with E-state index in [1.54, 1.807) is 41.4 Å². The molecule has 4 heterocycles. The van der Waals surface area contributed by atoms with Gasteiger partial charge in [-0.1, -0.05) is 35.1 Å². The minimum Gasteiger partial charge on any atom is -0.456 e. The van der Waals surface area contributed by atoms with Crippen LogP contribution in [0.3, 0.4) is 0 Å². The number of benzene rings is 2. The highest BCUT2D eigenvalue weighted by Crippen LogP contribution is 2.36. The minimum atomic E-state index is -2.90. The highest BCUT2D eigenvalue weighted by Gasteiger charge is 2.43. The summed E-state index contributed by atoms with van der Waals surface area (Å²) in [5.41, 5.74) is 2.88. The number of halogens is 3. The molecule has 0 unspecified atom stereocenters. The molecule has 1 N–H and O–H groups in total. The molecule has 1 saturated carbocycles. The second-order valence-electron chi connectivity index (χ2n) is 11.0. The quantitative estimate of drug-likeness (QED) is 0.266. The van der Waals surface area contributed by atoms with Crippen LogP contribution in [0.5, 0.6) is 0 Å². The highest BCUT2D eigenvalue weighted by molar-refractivity contribution is 5.97. The van der Waals surface area contributed by atoms with Crippen LogP contribution in [0.1, 0.15) is 40.9 Å². The van der Waals surface area contributed by atoms with Gasteiger partial charge in [0.1, 0.15) is 23.2 Å². The first-order chi connectivity index (χ1) is 21.8. The third-order valence-corrected chi connectivity index (χ3v) is 8.04. The van der Waals surface area contributed by atoms with Crippen LogP contribution in [0, 0.1) is 5.92 Å². The van der Waals surface area contributed by atoms with E-state index in [0.29, 0.717) is 53.6 Å². The zero-order valence-electron chi connectivity index (χ0n) is 23.8. The van der Waals surface area contributed by atoms with Crippen molar-refractivity contribution in [2.75, 3.05) is 31.5 Å². The number of pyridine rings is 1. The molecule has 0 bridgehead atoms. The summed E-state index contributed by atoms with van der Waals surface area (Å²) in [5, 5.41) is 14.8. The average molecular weight is 617 g/mol. The number of hydrogen-bond acceptors (Lipinski definition) is 8. The van der Waals surface area contributed by atoms with Crippen LogP contribution >= 0.6 is 0 Å². The van der Waals surface area contributed by atoms with Gasteiger partial charge in [-0.2, -0.15) is 8.78 Å². The molecule has 230 valence electrons. The molecule has 1 aliphatic carbocycles. The fourth-order valence-electron chi connectivity index (χ4n) is 5.57. The zero-order valence-corrected chi connectivity index (χ0v) is 23.8. The van der Waals surface area contributed by atoms with E-state index in [1.165, 1.54) is 0 Å². The number of nitrogens with one attached hydrogen (secondary N) is 1. The van der Waals surface area contributed by atoms with Crippen molar-refractivity contribution < 1.29 is 27.2 Å². The standard InChI is InChI=1S/C31H27F3N8O3/c32-23-17-22(23)29(43)36-21-6-7-25-20(14-21)16-26(45-25)19-8-9-35-24(15-19)30(44)41-12-10-40(11-13-41)27(18-4-2-1-3-5-18)28-37-39-42(38-28)31(33)34/h1-9,14-16,22-23,27,31H,10-13,17H2,(H,36,43)/t22-,23+,27+/m1/s1. The number of aromatic nitrogens is 5. The summed E-state index contributed by atoms with van der Waals surface area (Å²) in [5.74, 6) is -0.492. The summed E-state index contributed by atoms with van der Waals surface area (Å²) in [6.07, 6.45) is 0.722. The van der Waals surface area contributed by atoms with Gasteiger partial charge in [0, 0.05) is 49.0 Å². The third kappa shape index (κ3) is 5.88. The van der Waals surface area contributed by atoms with Crippen LogP contribution in [0.25, 0.3) is 22.3 Å². The van der Waals surface area contributed by atoms with Gasteiger partial charge in [-0.15, -0.1) is 10.2 Å². The molecule has 7 rings (SSSR count). The van der Waals surface area contributed by atoms with Crippen LogP contribution in [-0.4, -0.2) is 79.2 Å². The molecular weight excluding hydrogens is 589 g/mol. The molecule has 14 heteroatoms. The van der Waals surface area contributed by atoms with Gasteiger partial charge in [0.25, 0.3) is 5.91 Å². The van der Waals surface area contributed by atoms with Gasteiger partial charge in [-0.3, -0.25) is 19.5 Å². The van der Waals surface area contributed by atoms with Gasteiger partial charge in [0.2, 0.25) is 5.91 Å². The Morgan fingerprint density at radius 1 is 0.978 bits per heavy atom. The van der Waals surface area contributed by atoms with Crippen molar-refractivity contribution in [1.82, 2.24) is 35.0 Å². The Morgan fingerprint density at radius 2 is 1.76 bits per heavy atom. The first-order valence-corrected chi connectivity index (χ1v) is 14.4. The fraction of sp³-hybridized carbons (Fsp3) is 0.290. The lowest BCUT2D eigenvalue weighted by Gasteiger charge is -2.38. The predicted octanol–water partition coefficient (Wildman–Crippen LogP) is 4.72. The Morgan fingerprint density at radius 3 is 2.47 bits per heavy atom. The molecule has 2 aliphatic rings. The number of amides is 2. The number of hydrogen-bond donors (Lipinski definition) is 1. The summed E-state index contributed by atoms with van der Waals surface area (Å²) in [6, 6.07) is 19.2. The van der Waals surface area contributed by atoms with Gasteiger partial charge < -0.3 is 14.6 Å². The number of anilines is 1. The first-order valence-electron chi connectivity index (χ1n) is 14.4. The lowest BCUT2D eigenvalue weighted by Crippen LogP contribution is -2.50. The van der Waals surface area contributed by atoms with Crippen molar-refractivity contribution in [2.24, 2.45) is 5.92 Å². The Labute approximate surface area is 254 Å². The Bertz CT molecular complexity index is 1860. The maximum Gasteiger partial charge on any atom is 0.350 e. The Balaban J connectivity index is 1.05. The van der Waals surface area contributed by atoms with Gasteiger partial charge in [-0.25, -0.2) is 4.39 Å². The second-order valence-corrected chi connectivity index (χ2v) is 11.0. The van der Waals surface area contributed by atoms with Crippen molar-refractivity contribution in [3.63, 3.8) is 0 Å². The molecule has 3 aromatic heterocycles. The largest absolute Gasteiger partial charge is 0.456 e. The van der Waals surface area contributed by atoms with Crippen LogP contribution in [-0.2, 0) is 4.79 Å². The monoisotopic (exact) mass is 616 g/mol. The number of carbonyl (C=O) groups is 2. The number of fused-ring (bicyclic) bond motifs is 1. The maximum atomic E-state index is 13.5. The van der Waals surface area contributed by atoms with E-state index in [-0.39, 0.29) is 29.8 Å². The van der Waals surface area contributed by atoms with Crippen LogP contribution in [0.2, 0.25) is 0 Å². The topological polar surface area (TPSA) is 122 Å². The number of rotatable bonds is 8. The average Bonchev–Trinajstić information content (AvgIpc) is 3.40. The SMILES string of the molecule is O=C(Nc1ccc2oc(-c3ccnc(C(=O)N4CCN([C@@H](c5ccccc5)c5nnn(C(F)F)n5)CC4)c3)cc2c1)[C@@H]1C[C@@H]1F. The number of nitrogens with zero attached hydrogens (tertiary/aromatic N) is 7. The maximum absolute atomic E-state index is 13.5. The smallest absolute Gasteiger partial charge is 0.350 e. The van der Waals surface area contributed by atoms with E-state index in [9.17, 15) is 22.8 Å². The van der Waals surface area contributed by atoms with E-state index in [4.69, 9.17) is 4.42 Å². The van der Waals surface area contributed by atoms with Crippen molar-refractivity contribution in [1.29, 1.82) is 0 Å². The molecular formula is C31H27F3N8O3. The minimum absolute atomic E-state index is 0.160. The normalized spacial score (nSPS) is 19.2.